The topological polar surface area (TPSA) is 111 Å². The normalized spacial score (nSPS) is 12.1. The maximum absolute atomic E-state index is 10.3. The van der Waals surface area contributed by atoms with Gasteiger partial charge in [0.2, 0.25) is 0 Å². The van der Waals surface area contributed by atoms with Gasteiger partial charge >= 0.3 is 5.97 Å². The van der Waals surface area contributed by atoms with Crippen molar-refractivity contribution in [2.24, 2.45) is 16.5 Å². The van der Waals surface area contributed by atoms with Crippen molar-refractivity contribution in [1.82, 2.24) is 0 Å². The molecule has 0 saturated carbocycles. The van der Waals surface area contributed by atoms with Crippen molar-refractivity contribution in [2.75, 3.05) is 13.2 Å². The highest BCUT2D eigenvalue weighted by Gasteiger charge is 2.09. The van der Waals surface area contributed by atoms with Gasteiger partial charge in [-0.15, -0.1) is 0 Å². The molecule has 6 nitrogen and oxygen atoms in total. The number of carboxylic acids is 1. The Labute approximate surface area is 76.6 Å². The molecule has 0 aromatic carbocycles. The highest BCUT2D eigenvalue weighted by molar-refractivity contribution is 5.75. The molecule has 0 amide bonds. The second-order valence-electron chi connectivity index (χ2n) is 2.51. The number of aliphatic carboxylic acids is 1. The number of rotatable bonds is 6. The van der Waals surface area contributed by atoms with Crippen LogP contribution in [-0.4, -0.2) is 36.3 Å². The molecule has 0 aliphatic rings. The predicted octanol–water partition coefficient (Wildman–Crippen LogP) is -0.860. The van der Waals surface area contributed by atoms with Gasteiger partial charge in [0.15, 0.2) is 12.1 Å². The van der Waals surface area contributed by atoms with E-state index in [1.54, 1.807) is 0 Å². The van der Waals surface area contributed by atoms with E-state index in [0.717, 1.165) is 0 Å². The number of nitrogens with zero attached hydrogens (tertiary/aromatic N) is 1. The lowest BCUT2D eigenvalue weighted by atomic mass is 10.4. The smallest absolute Gasteiger partial charge is 0.332 e. The number of aliphatic imine (C=N–C) groups is 1. The molecule has 0 aliphatic carbocycles. The van der Waals surface area contributed by atoms with E-state index in [0.29, 0.717) is 19.6 Å². The van der Waals surface area contributed by atoms with E-state index in [1.165, 1.54) is 6.92 Å². The Morgan fingerprint density at radius 1 is 1.62 bits per heavy atom. The Kier molecular flexibility index (Phi) is 5.62. The number of ether oxygens (including phenoxy) is 1. The molecule has 0 aliphatic heterocycles. The first kappa shape index (κ1) is 11.7. The minimum Gasteiger partial charge on any atom is -0.479 e. The largest absolute Gasteiger partial charge is 0.479 e. The van der Waals surface area contributed by atoms with Crippen LogP contribution in [0.25, 0.3) is 0 Å². The number of guanidine groups is 1. The third-order valence-electron chi connectivity index (χ3n) is 1.31. The van der Waals surface area contributed by atoms with E-state index in [-0.39, 0.29) is 5.96 Å². The molecule has 6 heteroatoms. The van der Waals surface area contributed by atoms with Crippen LogP contribution in [0.1, 0.15) is 13.3 Å². The summed E-state index contributed by atoms with van der Waals surface area (Å²) in [6, 6.07) is 0. The minimum absolute atomic E-state index is 0.0336. The third-order valence-corrected chi connectivity index (χ3v) is 1.31. The van der Waals surface area contributed by atoms with Gasteiger partial charge in [-0.05, 0) is 13.3 Å². The van der Waals surface area contributed by atoms with E-state index in [4.69, 9.17) is 21.3 Å². The predicted molar refractivity (Wildman–Crippen MR) is 48.3 cm³/mol. The van der Waals surface area contributed by atoms with Gasteiger partial charge in [0.05, 0.1) is 0 Å². The molecule has 0 spiro atoms. The first-order chi connectivity index (χ1) is 6.04. The molecule has 0 saturated heterocycles. The quantitative estimate of drug-likeness (QED) is 0.286. The van der Waals surface area contributed by atoms with Crippen LogP contribution in [0.5, 0.6) is 0 Å². The fourth-order valence-electron chi connectivity index (χ4n) is 0.604. The summed E-state index contributed by atoms with van der Waals surface area (Å²) in [7, 11) is 0. The first-order valence-corrected chi connectivity index (χ1v) is 3.94. The Balaban J connectivity index is 3.36. The zero-order chi connectivity index (χ0) is 10.3. The van der Waals surface area contributed by atoms with E-state index in [2.05, 4.69) is 4.99 Å². The molecule has 0 rings (SSSR count). The van der Waals surface area contributed by atoms with Crippen LogP contribution in [0.3, 0.4) is 0 Å². The van der Waals surface area contributed by atoms with E-state index < -0.39 is 12.1 Å². The standard InChI is InChI=1S/C7H15N3O3/c1-5(6(11)12)13-4-2-3-10-7(8)9/h5H,2-4H2,1H3,(H,11,12)(H4,8,9,10). The van der Waals surface area contributed by atoms with Crippen LogP contribution in [0.15, 0.2) is 4.99 Å². The van der Waals surface area contributed by atoms with Gasteiger partial charge in [0, 0.05) is 13.2 Å². The molecule has 1 atom stereocenters. The summed E-state index contributed by atoms with van der Waals surface area (Å²) < 4.78 is 4.93. The van der Waals surface area contributed by atoms with Gasteiger partial charge in [-0.3, -0.25) is 4.99 Å². The number of hydrogen-bond donors (Lipinski definition) is 3. The van der Waals surface area contributed by atoms with Crippen LogP contribution >= 0.6 is 0 Å². The van der Waals surface area contributed by atoms with Gasteiger partial charge in [-0.2, -0.15) is 0 Å². The van der Waals surface area contributed by atoms with Crippen molar-refractivity contribution < 1.29 is 14.6 Å². The fraction of sp³-hybridized carbons (Fsp3) is 0.714. The van der Waals surface area contributed by atoms with Crippen LogP contribution in [0, 0.1) is 0 Å². The summed E-state index contributed by atoms with van der Waals surface area (Å²) in [5.74, 6) is -0.937. The Bertz CT molecular complexity index is 189. The Hall–Kier alpha value is -1.30. The van der Waals surface area contributed by atoms with Gasteiger partial charge in [-0.25, -0.2) is 4.79 Å². The molecular formula is C7H15N3O3. The Morgan fingerprint density at radius 3 is 2.69 bits per heavy atom. The third kappa shape index (κ3) is 7.07. The Morgan fingerprint density at radius 2 is 2.23 bits per heavy atom. The average molecular weight is 189 g/mol. The van der Waals surface area contributed by atoms with Crippen LogP contribution in [0.4, 0.5) is 0 Å². The molecule has 0 radical (unpaired) electrons. The summed E-state index contributed by atoms with van der Waals surface area (Å²) in [5.41, 5.74) is 10.2. The lowest BCUT2D eigenvalue weighted by molar-refractivity contribution is -0.149. The average Bonchev–Trinajstić information content (AvgIpc) is 2.02. The molecule has 1 unspecified atom stereocenters. The van der Waals surface area contributed by atoms with Crippen LogP contribution in [-0.2, 0) is 9.53 Å². The van der Waals surface area contributed by atoms with Crippen LogP contribution < -0.4 is 11.5 Å². The summed E-state index contributed by atoms with van der Waals surface area (Å²) >= 11 is 0. The zero-order valence-corrected chi connectivity index (χ0v) is 7.56. The highest BCUT2D eigenvalue weighted by atomic mass is 16.5. The maximum Gasteiger partial charge on any atom is 0.332 e. The monoisotopic (exact) mass is 189 g/mol. The second kappa shape index (κ2) is 6.24. The summed E-state index contributed by atoms with van der Waals surface area (Å²) in [5, 5.41) is 8.43. The summed E-state index contributed by atoms with van der Waals surface area (Å²) in [4.78, 5) is 14.0. The zero-order valence-electron chi connectivity index (χ0n) is 7.56. The van der Waals surface area contributed by atoms with Gasteiger partial charge in [-0.1, -0.05) is 0 Å². The van der Waals surface area contributed by atoms with Crippen molar-refractivity contribution in [3.8, 4) is 0 Å². The molecule has 0 heterocycles. The molecule has 0 aromatic heterocycles. The molecule has 0 fully saturated rings. The van der Waals surface area contributed by atoms with E-state index in [9.17, 15) is 4.79 Å². The molecule has 76 valence electrons. The SMILES string of the molecule is CC(OCCCN=C(N)N)C(=O)O. The lowest BCUT2D eigenvalue weighted by Gasteiger charge is -2.06. The van der Waals surface area contributed by atoms with Gasteiger partial charge < -0.3 is 21.3 Å². The van der Waals surface area contributed by atoms with Crippen molar-refractivity contribution in [2.45, 2.75) is 19.4 Å². The lowest BCUT2D eigenvalue weighted by Crippen LogP contribution is -2.23. The van der Waals surface area contributed by atoms with Gasteiger partial charge in [0.1, 0.15) is 0 Å². The number of carboxylic acid groups (broad SMARTS) is 1. The van der Waals surface area contributed by atoms with Gasteiger partial charge in [0.25, 0.3) is 0 Å². The van der Waals surface area contributed by atoms with Crippen molar-refractivity contribution in [1.29, 1.82) is 0 Å². The number of nitrogens with two attached hydrogens (primary N) is 2. The first-order valence-electron chi connectivity index (χ1n) is 3.94. The van der Waals surface area contributed by atoms with E-state index in [1.807, 2.05) is 0 Å². The van der Waals surface area contributed by atoms with Crippen LogP contribution in [0.2, 0.25) is 0 Å². The van der Waals surface area contributed by atoms with Crippen molar-refractivity contribution in [3.63, 3.8) is 0 Å². The van der Waals surface area contributed by atoms with E-state index >= 15 is 0 Å². The number of carbonyl (C=O) groups is 1. The molecule has 0 aromatic rings. The molecular weight excluding hydrogens is 174 g/mol. The molecule has 13 heavy (non-hydrogen) atoms. The summed E-state index contributed by atoms with van der Waals surface area (Å²) in [6.45, 7) is 2.27. The second-order valence-corrected chi connectivity index (χ2v) is 2.51. The summed E-state index contributed by atoms with van der Waals surface area (Å²) in [6.07, 6.45) is -0.172. The fourth-order valence-corrected chi connectivity index (χ4v) is 0.604. The maximum atomic E-state index is 10.3. The van der Waals surface area contributed by atoms with Crippen molar-refractivity contribution >= 4 is 11.9 Å². The molecule has 5 N–H and O–H groups in total. The number of hydrogen-bond acceptors (Lipinski definition) is 3. The highest BCUT2D eigenvalue weighted by Crippen LogP contribution is 1.92. The van der Waals surface area contributed by atoms with Crippen molar-refractivity contribution in [3.05, 3.63) is 0 Å². The minimum atomic E-state index is -0.971. The molecule has 0 bridgehead atoms.